The molecule has 16 nitrogen and oxygen atoms in total. The standard InChI is InChI=1S/2C7H5NO4.2C3H4N2.Mn.2H2O/c2*9-7(10)5-1-3-6(4-2-5)8(11)12;2*1-2-5-3-4-1;;;/h2*1-4H,(H,9,10);2*1-3H,(H,4,5);;2*1H2/q;;;;+2;;. The minimum atomic E-state index is -1.34. The molecule has 0 amide bonds. The van der Waals surface area contributed by atoms with Crippen molar-refractivity contribution in [1.82, 2.24) is 19.9 Å². The van der Waals surface area contributed by atoms with E-state index in [1.165, 1.54) is 0 Å². The topological polar surface area (TPSA) is 290 Å². The van der Waals surface area contributed by atoms with E-state index in [1.807, 2.05) is 0 Å². The SMILES string of the molecule is O=C([O-])c1ccc([N+](=O)[O-])cc1.O=C([O-])c1ccc([N+](=O)[O-])cc1.[Mn+2].[OH3+].[OH3+].c1c[nH]cn1.c1c[nH]cn1. The second-order valence-corrected chi connectivity index (χ2v) is 5.70. The quantitative estimate of drug-likeness (QED) is 0.131. The number of carboxylic acid groups (broad SMARTS) is 2. The molecular weight excluding hydrogens is 539 g/mol. The van der Waals surface area contributed by atoms with E-state index in [1.54, 1.807) is 37.4 Å². The third-order valence-corrected chi connectivity index (χ3v) is 3.44. The van der Waals surface area contributed by atoms with Gasteiger partial charge in [-0.05, 0) is 35.4 Å². The molecule has 0 saturated carbocycles. The van der Waals surface area contributed by atoms with E-state index in [0.717, 1.165) is 48.5 Å². The van der Waals surface area contributed by atoms with E-state index in [0.29, 0.717) is 0 Å². The smallest absolute Gasteiger partial charge is 0.545 e. The van der Waals surface area contributed by atoms with Crippen LogP contribution in [0, 0.1) is 20.2 Å². The van der Waals surface area contributed by atoms with Gasteiger partial charge in [0.1, 0.15) is 0 Å². The van der Waals surface area contributed by atoms with Crippen molar-refractivity contribution in [1.29, 1.82) is 0 Å². The summed E-state index contributed by atoms with van der Waals surface area (Å²) in [7, 11) is 0. The number of aromatic carboxylic acids is 2. The number of nitrogens with one attached hydrogen (secondary N) is 2. The van der Waals surface area contributed by atoms with E-state index < -0.39 is 21.8 Å². The Balaban J connectivity index is -0.000000433. The molecule has 2 aromatic heterocycles. The molecule has 0 unspecified atom stereocenters. The maximum atomic E-state index is 10.2. The van der Waals surface area contributed by atoms with Crippen LogP contribution in [0.3, 0.4) is 0 Å². The second kappa shape index (κ2) is 20.4. The number of carbonyl (C=O) groups is 2. The summed E-state index contributed by atoms with van der Waals surface area (Å²) in [6, 6.07) is 8.99. The molecule has 2 heterocycles. The molecule has 0 aliphatic rings. The number of nitro groups is 2. The number of aromatic nitrogens is 4. The number of H-pyrrole nitrogens is 2. The number of hydrogen-bond donors (Lipinski definition) is 2. The minimum Gasteiger partial charge on any atom is -0.545 e. The average Bonchev–Trinajstić information content (AvgIpc) is 3.59. The molecule has 17 heteroatoms. The Labute approximate surface area is 218 Å². The molecule has 0 aliphatic heterocycles. The number of carboxylic acids is 2. The summed E-state index contributed by atoms with van der Waals surface area (Å²) in [4.78, 5) is 52.3. The van der Waals surface area contributed by atoms with Gasteiger partial charge in [-0.2, -0.15) is 0 Å². The van der Waals surface area contributed by atoms with E-state index >= 15 is 0 Å². The monoisotopic (exact) mass is 561 g/mol. The van der Waals surface area contributed by atoms with Crippen LogP contribution in [-0.2, 0) is 28.0 Å². The van der Waals surface area contributed by atoms with Gasteiger partial charge in [-0.15, -0.1) is 0 Å². The van der Waals surface area contributed by atoms with Crippen molar-refractivity contribution < 1.29 is 57.7 Å². The number of non-ortho nitro benzene ring substituents is 2. The number of hydrogen-bond acceptors (Lipinski definition) is 10. The first-order valence-electron chi connectivity index (χ1n) is 8.99. The van der Waals surface area contributed by atoms with Gasteiger partial charge >= 0.3 is 17.1 Å². The van der Waals surface area contributed by atoms with Gasteiger partial charge < -0.3 is 40.7 Å². The van der Waals surface area contributed by atoms with E-state index in [-0.39, 0.29) is 50.5 Å². The number of nitro benzene ring substituents is 2. The predicted molar refractivity (Wildman–Crippen MR) is 122 cm³/mol. The average molecular weight is 561 g/mol. The van der Waals surface area contributed by atoms with Crippen molar-refractivity contribution in [2.24, 2.45) is 0 Å². The van der Waals surface area contributed by atoms with Crippen LogP contribution in [-0.4, -0.2) is 41.7 Å². The summed E-state index contributed by atoms with van der Waals surface area (Å²) >= 11 is 0. The number of aromatic amines is 2. The molecule has 4 rings (SSSR count). The molecule has 0 atom stereocenters. The molecule has 37 heavy (non-hydrogen) atoms. The summed E-state index contributed by atoms with van der Waals surface area (Å²) in [5, 5.41) is 40.7. The fourth-order valence-corrected chi connectivity index (χ4v) is 1.87. The fraction of sp³-hybridized carbons (Fsp3) is 0. The van der Waals surface area contributed by atoms with Gasteiger partial charge in [-0.25, -0.2) is 9.97 Å². The Morgan fingerprint density at radius 2 is 0.946 bits per heavy atom. The van der Waals surface area contributed by atoms with Crippen molar-refractivity contribution in [3.8, 4) is 0 Å². The molecule has 0 saturated heterocycles. The minimum absolute atomic E-state index is 0. The molecule has 0 spiro atoms. The molecular formula is C20H22MnN6O10+2. The number of carbonyl (C=O) groups excluding carboxylic acids is 2. The Morgan fingerprint density at radius 1 is 0.649 bits per heavy atom. The van der Waals surface area contributed by atoms with Crippen molar-refractivity contribution in [3.63, 3.8) is 0 Å². The third kappa shape index (κ3) is 15.5. The van der Waals surface area contributed by atoms with Gasteiger partial charge in [-0.1, -0.05) is 0 Å². The second-order valence-electron chi connectivity index (χ2n) is 5.70. The predicted octanol–water partition coefficient (Wildman–Crippen LogP) is -1.11. The molecule has 2 aromatic carbocycles. The Hall–Kier alpha value is -4.96. The molecule has 0 aliphatic carbocycles. The molecule has 197 valence electrons. The number of imidazole rings is 2. The summed E-state index contributed by atoms with van der Waals surface area (Å²) in [6.45, 7) is 0. The number of benzene rings is 2. The Bertz CT molecular complexity index is 961. The maximum absolute atomic E-state index is 10.2. The van der Waals surface area contributed by atoms with Gasteiger partial charge in [0.15, 0.2) is 0 Å². The largest absolute Gasteiger partial charge is 2.00 e. The summed E-state index contributed by atoms with van der Waals surface area (Å²) in [6.07, 6.45) is 10.2. The maximum Gasteiger partial charge on any atom is 2.00 e. The van der Waals surface area contributed by atoms with Gasteiger partial charge in [-0.3, -0.25) is 20.2 Å². The number of rotatable bonds is 4. The molecule has 1 radical (unpaired) electrons. The van der Waals surface area contributed by atoms with E-state index in [4.69, 9.17) is 0 Å². The third-order valence-electron chi connectivity index (χ3n) is 3.44. The van der Waals surface area contributed by atoms with Crippen LogP contribution in [0.2, 0.25) is 0 Å². The van der Waals surface area contributed by atoms with Crippen LogP contribution in [0.1, 0.15) is 20.7 Å². The van der Waals surface area contributed by atoms with Crippen molar-refractivity contribution in [2.45, 2.75) is 0 Å². The summed E-state index contributed by atoms with van der Waals surface area (Å²) < 4.78 is 0. The van der Waals surface area contributed by atoms with E-state index in [2.05, 4.69) is 19.9 Å². The van der Waals surface area contributed by atoms with Gasteiger partial charge in [0.2, 0.25) is 0 Å². The molecule has 0 bridgehead atoms. The van der Waals surface area contributed by atoms with Gasteiger partial charge in [0.25, 0.3) is 11.4 Å². The zero-order valence-electron chi connectivity index (χ0n) is 18.7. The first-order chi connectivity index (χ1) is 16.2. The Kier molecular flexibility index (Phi) is 20.2. The van der Waals surface area contributed by atoms with Crippen LogP contribution in [0.4, 0.5) is 11.4 Å². The first kappa shape index (κ1) is 36.6. The van der Waals surface area contributed by atoms with Crippen LogP contribution in [0.25, 0.3) is 0 Å². The van der Waals surface area contributed by atoms with Gasteiger partial charge in [0.05, 0.1) is 34.4 Å². The fourth-order valence-electron chi connectivity index (χ4n) is 1.87. The summed E-state index contributed by atoms with van der Waals surface area (Å²) in [5.41, 5.74) is -0.416. The zero-order chi connectivity index (χ0) is 25.3. The Morgan fingerprint density at radius 3 is 1.08 bits per heavy atom. The van der Waals surface area contributed by atoms with Crippen LogP contribution < -0.4 is 10.2 Å². The summed E-state index contributed by atoms with van der Waals surface area (Å²) in [5.74, 6) is -2.69. The zero-order valence-corrected chi connectivity index (χ0v) is 19.9. The first-order valence-corrected chi connectivity index (χ1v) is 8.99. The van der Waals surface area contributed by atoms with Gasteiger partial charge in [0, 0.05) is 49.1 Å². The van der Waals surface area contributed by atoms with Crippen LogP contribution >= 0.6 is 0 Å². The van der Waals surface area contributed by atoms with Crippen molar-refractivity contribution in [3.05, 3.63) is 117 Å². The molecule has 8 N–H and O–H groups in total. The molecule has 4 aromatic rings. The molecule has 0 fully saturated rings. The number of nitrogens with zero attached hydrogens (tertiary/aromatic N) is 4. The van der Waals surface area contributed by atoms with Crippen LogP contribution in [0.5, 0.6) is 0 Å². The van der Waals surface area contributed by atoms with Crippen molar-refractivity contribution >= 4 is 23.3 Å². The van der Waals surface area contributed by atoms with Crippen LogP contribution in [0.15, 0.2) is 86.0 Å². The van der Waals surface area contributed by atoms with E-state index in [9.17, 15) is 40.0 Å². The normalized spacial score (nSPS) is 8.22. The van der Waals surface area contributed by atoms with Crippen molar-refractivity contribution in [2.75, 3.05) is 0 Å².